The van der Waals surface area contributed by atoms with Crippen LogP contribution in [-0.4, -0.2) is 46.3 Å². The number of nitrogens with one attached hydrogen (secondary N) is 1. The Morgan fingerprint density at radius 3 is 2.68 bits per heavy atom. The molecule has 5 rings (SSSR count). The van der Waals surface area contributed by atoms with Gasteiger partial charge in [0.25, 0.3) is 5.91 Å². The highest BCUT2D eigenvalue weighted by Gasteiger charge is 2.36. The van der Waals surface area contributed by atoms with Crippen LogP contribution in [0.5, 0.6) is 0 Å². The van der Waals surface area contributed by atoms with E-state index in [0.29, 0.717) is 11.6 Å². The molecule has 1 amide bonds. The molecule has 3 atom stereocenters. The Hall–Kier alpha value is -2.48. The first-order chi connectivity index (χ1) is 14.8. The molecule has 0 spiro atoms. The van der Waals surface area contributed by atoms with Crippen molar-refractivity contribution < 1.29 is 14.1 Å². The summed E-state index contributed by atoms with van der Waals surface area (Å²) in [6.45, 7) is 10.2. The summed E-state index contributed by atoms with van der Waals surface area (Å²) in [4.78, 5) is 24.7. The zero-order valence-electron chi connectivity index (χ0n) is 18.7. The number of fused-ring (bicyclic) bond motifs is 1. The second kappa shape index (κ2) is 7.58. The molecule has 0 unspecified atom stereocenters. The average Bonchev–Trinajstić information content (AvgIpc) is 3.42. The Balaban J connectivity index is 1.37. The second-order valence-electron chi connectivity index (χ2n) is 10.2. The number of morpholine rings is 1. The van der Waals surface area contributed by atoms with Crippen LogP contribution in [0.2, 0.25) is 0 Å². The number of amides is 1. The van der Waals surface area contributed by atoms with Crippen LogP contribution in [0.15, 0.2) is 16.8 Å². The van der Waals surface area contributed by atoms with E-state index in [1.165, 1.54) is 0 Å². The number of ether oxygens (including phenoxy) is 1. The Morgan fingerprint density at radius 2 is 1.97 bits per heavy atom. The van der Waals surface area contributed by atoms with Gasteiger partial charge in [-0.05, 0) is 44.9 Å². The van der Waals surface area contributed by atoms with Crippen molar-refractivity contribution in [2.45, 2.75) is 77.5 Å². The number of anilines is 1. The largest absolute Gasteiger partial charge is 0.372 e. The molecule has 31 heavy (non-hydrogen) atoms. The fourth-order valence-corrected chi connectivity index (χ4v) is 4.85. The molecule has 3 aliphatic rings. The van der Waals surface area contributed by atoms with Gasteiger partial charge >= 0.3 is 0 Å². The van der Waals surface area contributed by atoms with Crippen molar-refractivity contribution >= 4 is 11.9 Å². The van der Waals surface area contributed by atoms with E-state index in [0.717, 1.165) is 61.7 Å². The zero-order valence-corrected chi connectivity index (χ0v) is 18.7. The van der Waals surface area contributed by atoms with Crippen LogP contribution in [0.3, 0.4) is 0 Å². The average molecular weight is 426 g/mol. The van der Waals surface area contributed by atoms with E-state index in [1.807, 2.05) is 6.20 Å². The van der Waals surface area contributed by atoms with Gasteiger partial charge in [0.2, 0.25) is 5.95 Å². The normalized spacial score (nSPS) is 27.6. The smallest absolute Gasteiger partial charge is 0.273 e. The predicted octanol–water partition coefficient (Wildman–Crippen LogP) is 3.40. The summed E-state index contributed by atoms with van der Waals surface area (Å²) in [6.07, 6.45) is 6.09. The number of hydrogen-bond donors (Lipinski definition) is 1. The van der Waals surface area contributed by atoms with Crippen LogP contribution in [0, 0.1) is 5.41 Å². The first kappa shape index (κ1) is 20.4. The molecular formula is C23H31N5O3. The molecule has 2 fully saturated rings. The molecule has 1 saturated carbocycles. The lowest BCUT2D eigenvalue weighted by Gasteiger charge is -2.38. The van der Waals surface area contributed by atoms with Crippen LogP contribution in [0.4, 0.5) is 5.95 Å². The number of carbonyl (C=O) groups is 1. The monoisotopic (exact) mass is 425 g/mol. The molecule has 3 heterocycles. The highest BCUT2D eigenvalue weighted by molar-refractivity contribution is 5.92. The number of nitrogens with zero attached hydrogens (tertiary/aromatic N) is 4. The summed E-state index contributed by atoms with van der Waals surface area (Å²) in [6, 6.07) is 1.63. The Kier molecular flexibility index (Phi) is 5.00. The lowest BCUT2D eigenvalue weighted by atomic mass is 9.74. The van der Waals surface area contributed by atoms with Crippen molar-refractivity contribution in [2.75, 3.05) is 18.0 Å². The van der Waals surface area contributed by atoms with Crippen molar-refractivity contribution in [1.29, 1.82) is 0 Å². The first-order valence-corrected chi connectivity index (χ1v) is 11.3. The standard InChI is InChI=1S/C23H31N5O3/c1-13-11-28(12-14(2)30-13)22-24-10-16-18(8-23(3,4)9-19(16)26-22)25-21(29)17-7-20(31-27-17)15-5-6-15/h7,10,13-15,18H,5-6,8-9,11-12H2,1-4H3,(H,25,29)/t13-,14+,18-/m0/s1. The Labute approximate surface area is 182 Å². The van der Waals surface area contributed by atoms with Crippen LogP contribution in [0.25, 0.3) is 0 Å². The van der Waals surface area contributed by atoms with E-state index in [9.17, 15) is 4.79 Å². The van der Waals surface area contributed by atoms with Crippen LogP contribution < -0.4 is 10.2 Å². The van der Waals surface area contributed by atoms with Gasteiger partial charge in [0.05, 0.1) is 23.9 Å². The highest BCUT2D eigenvalue weighted by atomic mass is 16.5. The lowest BCUT2D eigenvalue weighted by molar-refractivity contribution is -0.00575. The van der Waals surface area contributed by atoms with Crippen LogP contribution >= 0.6 is 0 Å². The molecule has 1 saturated heterocycles. The van der Waals surface area contributed by atoms with Gasteiger partial charge in [-0.3, -0.25) is 4.79 Å². The molecule has 2 aromatic rings. The summed E-state index contributed by atoms with van der Waals surface area (Å²) in [7, 11) is 0. The molecule has 1 N–H and O–H groups in total. The van der Waals surface area contributed by atoms with E-state index >= 15 is 0 Å². The molecule has 0 radical (unpaired) electrons. The van der Waals surface area contributed by atoms with Gasteiger partial charge in [0.1, 0.15) is 5.76 Å². The second-order valence-corrected chi connectivity index (χ2v) is 10.2. The van der Waals surface area contributed by atoms with Crippen LogP contribution in [-0.2, 0) is 11.2 Å². The quantitative estimate of drug-likeness (QED) is 0.802. The summed E-state index contributed by atoms with van der Waals surface area (Å²) in [5.74, 6) is 1.79. The molecule has 8 nitrogen and oxygen atoms in total. The van der Waals surface area contributed by atoms with Gasteiger partial charge in [-0.15, -0.1) is 0 Å². The van der Waals surface area contributed by atoms with Crippen LogP contribution in [0.1, 0.15) is 86.4 Å². The van der Waals surface area contributed by atoms with E-state index < -0.39 is 0 Å². The minimum Gasteiger partial charge on any atom is -0.372 e. The third kappa shape index (κ3) is 4.31. The number of rotatable bonds is 4. The highest BCUT2D eigenvalue weighted by Crippen LogP contribution is 2.41. The van der Waals surface area contributed by atoms with Crippen molar-refractivity contribution in [3.8, 4) is 0 Å². The maximum Gasteiger partial charge on any atom is 0.273 e. The summed E-state index contributed by atoms with van der Waals surface area (Å²) in [5, 5.41) is 7.15. The summed E-state index contributed by atoms with van der Waals surface area (Å²) >= 11 is 0. The number of aromatic nitrogens is 3. The number of hydrogen-bond acceptors (Lipinski definition) is 7. The lowest BCUT2D eigenvalue weighted by Crippen LogP contribution is -2.46. The molecule has 166 valence electrons. The fraction of sp³-hybridized carbons (Fsp3) is 0.652. The van der Waals surface area contributed by atoms with Crippen molar-refractivity contribution in [3.63, 3.8) is 0 Å². The molecule has 8 heteroatoms. The zero-order chi connectivity index (χ0) is 21.8. The van der Waals surface area contributed by atoms with Gasteiger partial charge in [-0.25, -0.2) is 9.97 Å². The van der Waals surface area contributed by atoms with Gasteiger partial charge in [0.15, 0.2) is 5.69 Å². The Bertz CT molecular complexity index is 973. The van der Waals surface area contributed by atoms with Crippen molar-refractivity contribution in [2.24, 2.45) is 5.41 Å². The van der Waals surface area contributed by atoms with Gasteiger partial charge in [-0.1, -0.05) is 19.0 Å². The molecule has 2 aliphatic carbocycles. The van der Waals surface area contributed by atoms with Gasteiger partial charge < -0.3 is 19.5 Å². The minimum atomic E-state index is -0.204. The first-order valence-electron chi connectivity index (χ1n) is 11.3. The van der Waals surface area contributed by atoms with E-state index in [4.69, 9.17) is 14.2 Å². The van der Waals surface area contributed by atoms with E-state index in [-0.39, 0.29) is 29.6 Å². The number of carbonyl (C=O) groups excluding carboxylic acids is 1. The van der Waals surface area contributed by atoms with E-state index in [2.05, 4.69) is 48.1 Å². The fourth-order valence-electron chi connectivity index (χ4n) is 4.85. The topological polar surface area (TPSA) is 93.4 Å². The SMILES string of the molecule is C[C@@H]1CN(c2ncc3c(n2)CC(C)(C)C[C@@H]3NC(=O)c2cc(C3CC3)on2)C[C@H](C)O1. The third-order valence-corrected chi connectivity index (χ3v) is 6.41. The molecular weight excluding hydrogens is 394 g/mol. The maximum absolute atomic E-state index is 12.9. The minimum absolute atomic E-state index is 0.0190. The summed E-state index contributed by atoms with van der Waals surface area (Å²) < 4.78 is 11.2. The predicted molar refractivity (Wildman–Crippen MR) is 115 cm³/mol. The van der Waals surface area contributed by atoms with Gasteiger partial charge in [0, 0.05) is 36.8 Å². The maximum atomic E-state index is 12.9. The third-order valence-electron chi connectivity index (χ3n) is 6.41. The Morgan fingerprint density at radius 1 is 1.23 bits per heavy atom. The van der Waals surface area contributed by atoms with E-state index in [1.54, 1.807) is 6.07 Å². The molecule has 0 aromatic carbocycles. The van der Waals surface area contributed by atoms with Crippen molar-refractivity contribution in [3.05, 3.63) is 35.0 Å². The van der Waals surface area contributed by atoms with Crippen molar-refractivity contribution in [1.82, 2.24) is 20.4 Å². The molecule has 2 aromatic heterocycles. The molecule has 1 aliphatic heterocycles. The van der Waals surface area contributed by atoms with Gasteiger partial charge in [-0.2, -0.15) is 0 Å². The summed E-state index contributed by atoms with van der Waals surface area (Å²) in [5.41, 5.74) is 2.38. The molecule has 0 bridgehead atoms.